The molecule has 0 bridgehead atoms. The highest BCUT2D eigenvalue weighted by atomic mass is 127. The normalized spacial score (nSPS) is 37.8. The van der Waals surface area contributed by atoms with E-state index in [0.717, 1.165) is 9.84 Å². The van der Waals surface area contributed by atoms with Crippen LogP contribution in [0.3, 0.4) is 0 Å². The molecule has 0 aromatic heterocycles. The maximum absolute atomic E-state index is 6.10. The summed E-state index contributed by atoms with van der Waals surface area (Å²) in [6.07, 6.45) is 3.82. The smallest absolute Gasteiger partial charge is 0.0124 e. The fourth-order valence-electron chi connectivity index (χ4n) is 2.17. The molecule has 0 aromatic carbocycles. The summed E-state index contributed by atoms with van der Waals surface area (Å²) in [5, 5.41) is 0. The van der Waals surface area contributed by atoms with Gasteiger partial charge in [-0.2, -0.15) is 0 Å². The number of hydrogen-bond acceptors (Lipinski definition) is 1. The molecule has 3 atom stereocenters. The molecule has 0 spiro atoms. The Bertz CT molecular complexity index is 154. The summed E-state index contributed by atoms with van der Waals surface area (Å²) < 4.78 is 0.720. The number of alkyl halides is 1. The summed E-state index contributed by atoms with van der Waals surface area (Å²) >= 11 is 2.51. The maximum atomic E-state index is 6.10. The molecule has 72 valence electrons. The summed E-state index contributed by atoms with van der Waals surface area (Å²) in [6.45, 7) is 7.02. The minimum Gasteiger partial charge on any atom is -0.327 e. The molecule has 1 unspecified atom stereocenters. The molecule has 0 saturated heterocycles. The van der Waals surface area contributed by atoms with Gasteiger partial charge in [0, 0.05) is 9.97 Å². The van der Waals surface area contributed by atoms with Crippen molar-refractivity contribution in [2.24, 2.45) is 17.1 Å². The van der Waals surface area contributed by atoms with Gasteiger partial charge in [-0.05, 0) is 30.6 Å². The van der Waals surface area contributed by atoms with Gasteiger partial charge < -0.3 is 5.73 Å². The third-order valence-corrected chi connectivity index (χ3v) is 4.01. The van der Waals surface area contributed by atoms with Gasteiger partial charge in [0.2, 0.25) is 0 Å². The second-order valence-corrected chi connectivity index (χ2v) is 6.88. The van der Waals surface area contributed by atoms with Crippen LogP contribution < -0.4 is 5.73 Å². The van der Waals surface area contributed by atoms with Gasteiger partial charge in [-0.25, -0.2) is 0 Å². The van der Waals surface area contributed by atoms with Crippen molar-refractivity contribution in [2.75, 3.05) is 0 Å². The summed E-state index contributed by atoms with van der Waals surface area (Å²) in [6, 6.07) is 0.449. The summed E-state index contributed by atoms with van der Waals surface area (Å²) in [5.74, 6) is 0.731. The molecule has 1 aliphatic carbocycles. The van der Waals surface area contributed by atoms with Crippen LogP contribution in [0.2, 0.25) is 0 Å². The lowest BCUT2D eigenvalue weighted by atomic mass is 9.69. The molecule has 1 fully saturated rings. The predicted octanol–water partition coefficient (Wildman–Crippen LogP) is 2.96. The topological polar surface area (TPSA) is 26.0 Å². The Kier molecular flexibility index (Phi) is 3.43. The molecule has 1 aliphatic rings. The highest BCUT2D eigenvalue weighted by Gasteiger charge is 2.34. The molecule has 1 rings (SSSR count). The van der Waals surface area contributed by atoms with E-state index in [1.54, 1.807) is 0 Å². The Morgan fingerprint density at radius 1 is 1.50 bits per heavy atom. The first-order chi connectivity index (χ1) is 5.42. The minimum atomic E-state index is 0.449. The van der Waals surface area contributed by atoms with Gasteiger partial charge in [0.15, 0.2) is 0 Å². The third-order valence-electron chi connectivity index (χ3n) is 3.08. The third kappa shape index (κ3) is 2.59. The number of halogens is 1. The van der Waals surface area contributed by atoms with E-state index in [9.17, 15) is 0 Å². The van der Waals surface area contributed by atoms with Gasteiger partial charge in [0.25, 0.3) is 0 Å². The van der Waals surface area contributed by atoms with E-state index in [2.05, 4.69) is 43.4 Å². The maximum Gasteiger partial charge on any atom is 0.0124 e. The van der Waals surface area contributed by atoms with Crippen molar-refractivity contribution in [1.29, 1.82) is 0 Å². The first kappa shape index (κ1) is 10.8. The van der Waals surface area contributed by atoms with Crippen LogP contribution in [0.1, 0.15) is 40.0 Å². The lowest BCUT2D eigenvalue weighted by Gasteiger charge is -2.40. The van der Waals surface area contributed by atoms with Crippen molar-refractivity contribution >= 4 is 22.6 Å². The molecule has 0 heterocycles. The Morgan fingerprint density at radius 3 is 2.50 bits per heavy atom. The van der Waals surface area contributed by atoms with Crippen LogP contribution >= 0.6 is 22.6 Å². The van der Waals surface area contributed by atoms with Gasteiger partial charge in [0.05, 0.1) is 0 Å². The van der Waals surface area contributed by atoms with E-state index in [-0.39, 0.29) is 0 Å². The molecule has 0 amide bonds. The van der Waals surface area contributed by atoms with Crippen LogP contribution in [0.15, 0.2) is 0 Å². The molecule has 12 heavy (non-hydrogen) atoms. The average molecular weight is 281 g/mol. The van der Waals surface area contributed by atoms with Crippen molar-refractivity contribution in [3.05, 3.63) is 0 Å². The molecule has 1 nitrogen and oxygen atoms in total. The van der Waals surface area contributed by atoms with E-state index in [1.165, 1.54) is 19.3 Å². The largest absolute Gasteiger partial charge is 0.327 e. The molecule has 0 aliphatic heterocycles. The minimum absolute atomic E-state index is 0.449. The molecule has 2 heteroatoms. The molecule has 0 radical (unpaired) electrons. The Labute approximate surface area is 89.6 Å². The first-order valence-electron chi connectivity index (χ1n) is 4.82. The number of hydrogen-bond donors (Lipinski definition) is 1. The van der Waals surface area contributed by atoms with Gasteiger partial charge in [0.1, 0.15) is 0 Å². The molecule has 1 saturated carbocycles. The molecular formula is C10H20IN. The first-order valence-corrected chi connectivity index (χ1v) is 6.06. The van der Waals surface area contributed by atoms with Crippen LogP contribution in [0, 0.1) is 11.3 Å². The Morgan fingerprint density at radius 2 is 2.08 bits per heavy atom. The van der Waals surface area contributed by atoms with Crippen LogP contribution in [0.4, 0.5) is 0 Å². The lowest BCUT2D eigenvalue weighted by molar-refractivity contribution is 0.160. The van der Waals surface area contributed by atoms with E-state index in [0.29, 0.717) is 11.5 Å². The van der Waals surface area contributed by atoms with Crippen LogP contribution in [0.25, 0.3) is 0 Å². The number of nitrogens with two attached hydrogens (primary N) is 1. The van der Waals surface area contributed by atoms with Crippen molar-refractivity contribution < 1.29 is 0 Å². The zero-order valence-corrected chi connectivity index (χ0v) is 10.5. The summed E-state index contributed by atoms with van der Waals surface area (Å²) in [7, 11) is 0. The van der Waals surface area contributed by atoms with Crippen molar-refractivity contribution in [2.45, 2.75) is 50.0 Å². The quantitative estimate of drug-likeness (QED) is 0.580. The standard InChI is InChI=1S/C10H20IN/c1-7(11)8-6-10(2,3)5-4-9(8)12/h7-9H,4-6,12H2,1-3H3/t7?,8-,9+/m1/s1. The van der Waals surface area contributed by atoms with Crippen molar-refractivity contribution in [3.8, 4) is 0 Å². The zero-order valence-electron chi connectivity index (χ0n) is 8.31. The highest BCUT2D eigenvalue weighted by Crippen LogP contribution is 2.40. The second kappa shape index (κ2) is 3.82. The van der Waals surface area contributed by atoms with Crippen LogP contribution in [-0.4, -0.2) is 9.97 Å². The van der Waals surface area contributed by atoms with Gasteiger partial charge in [-0.3, -0.25) is 0 Å². The highest BCUT2D eigenvalue weighted by molar-refractivity contribution is 14.1. The van der Waals surface area contributed by atoms with E-state index < -0.39 is 0 Å². The number of rotatable bonds is 1. The van der Waals surface area contributed by atoms with Gasteiger partial charge >= 0.3 is 0 Å². The zero-order chi connectivity index (χ0) is 9.35. The predicted molar refractivity (Wildman–Crippen MR) is 62.6 cm³/mol. The Hall–Kier alpha value is 0.690. The molecule has 0 aromatic rings. The van der Waals surface area contributed by atoms with Crippen LogP contribution in [-0.2, 0) is 0 Å². The van der Waals surface area contributed by atoms with E-state index >= 15 is 0 Å². The fourth-order valence-corrected chi connectivity index (χ4v) is 2.95. The van der Waals surface area contributed by atoms with Crippen LogP contribution in [0.5, 0.6) is 0 Å². The monoisotopic (exact) mass is 281 g/mol. The molecule has 2 N–H and O–H groups in total. The fraction of sp³-hybridized carbons (Fsp3) is 1.00. The SMILES string of the molecule is CC(I)[C@H]1CC(C)(C)CC[C@@H]1N. The average Bonchev–Trinajstić information content (AvgIpc) is 1.94. The van der Waals surface area contributed by atoms with Crippen molar-refractivity contribution in [3.63, 3.8) is 0 Å². The summed E-state index contributed by atoms with van der Waals surface area (Å²) in [4.78, 5) is 0. The Balaban J connectivity index is 2.59. The van der Waals surface area contributed by atoms with Gasteiger partial charge in [-0.15, -0.1) is 0 Å². The lowest BCUT2D eigenvalue weighted by Crippen LogP contribution is -2.42. The summed E-state index contributed by atoms with van der Waals surface area (Å²) in [5.41, 5.74) is 6.62. The molecular weight excluding hydrogens is 261 g/mol. The van der Waals surface area contributed by atoms with Crippen molar-refractivity contribution in [1.82, 2.24) is 0 Å². The van der Waals surface area contributed by atoms with E-state index in [1.807, 2.05) is 0 Å². The van der Waals surface area contributed by atoms with E-state index in [4.69, 9.17) is 5.73 Å². The van der Waals surface area contributed by atoms with Gasteiger partial charge in [-0.1, -0.05) is 43.4 Å². The second-order valence-electron chi connectivity index (χ2n) is 4.91.